The van der Waals surface area contributed by atoms with Crippen LogP contribution >= 0.6 is 0 Å². The van der Waals surface area contributed by atoms with Crippen molar-refractivity contribution in [3.8, 4) is 5.75 Å². The van der Waals surface area contributed by atoms with Crippen molar-refractivity contribution in [2.24, 2.45) is 0 Å². The van der Waals surface area contributed by atoms with E-state index in [1.807, 2.05) is 55.5 Å². The first-order chi connectivity index (χ1) is 11.5. The lowest BCUT2D eigenvalue weighted by molar-refractivity contribution is -0.122. The Kier molecular flexibility index (Phi) is 6.24. The molecule has 0 heterocycles. The maximum atomic E-state index is 12.3. The largest absolute Gasteiger partial charge is 0.481 e. The SMILES string of the molecule is CCN(CC)c1ccc(NC(=O)C(C)Oc2cccc(C)c2)cc1. The molecule has 0 aromatic heterocycles. The highest BCUT2D eigenvalue weighted by Crippen LogP contribution is 2.19. The fraction of sp³-hybridized carbons (Fsp3) is 0.350. The molecule has 0 spiro atoms. The van der Waals surface area contributed by atoms with Crippen LogP contribution in [0.5, 0.6) is 5.75 Å². The third-order valence-corrected chi connectivity index (χ3v) is 3.94. The number of nitrogens with one attached hydrogen (secondary N) is 1. The number of amides is 1. The van der Waals surface area contributed by atoms with Crippen molar-refractivity contribution in [3.63, 3.8) is 0 Å². The number of rotatable bonds is 7. The van der Waals surface area contributed by atoms with Crippen LogP contribution in [-0.4, -0.2) is 25.1 Å². The van der Waals surface area contributed by atoms with Gasteiger partial charge in [0.1, 0.15) is 5.75 Å². The minimum Gasteiger partial charge on any atom is -0.481 e. The van der Waals surface area contributed by atoms with E-state index in [1.165, 1.54) is 0 Å². The number of carbonyl (C=O) groups is 1. The number of nitrogens with zero attached hydrogens (tertiary/aromatic N) is 1. The molecule has 2 aromatic carbocycles. The van der Waals surface area contributed by atoms with E-state index in [0.29, 0.717) is 5.75 Å². The van der Waals surface area contributed by atoms with Crippen LogP contribution in [-0.2, 0) is 4.79 Å². The van der Waals surface area contributed by atoms with E-state index in [9.17, 15) is 4.79 Å². The third kappa shape index (κ3) is 4.75. The van der Waals surface area contributed by atoms with Crippen LogP contribution in [0.25, 0.3) is 0 Å². The van der Waals surface area contributed by atoms with Crippen molar-refractivity contribution >= 4 is 17.3 Å². The molecule has 0 aliphatic heterocycles. The Labute approximate surface area is 144 Å². The molecule has 4 nitrogen and oxygen atoms in total. The Balaban J connectivity index is 1.96. The second kappa shape index (κ2) is 8.39. The van der Waals surface area contributed by atoms with Gasteiger partial charge in [0.2, 0.25) is 0 Å². The Morgan fingerprint density at radius 1 is 1.12 bits per heavy atom. The van der Waals surface area contributed by atoms with Crippen molar-refractivity contribution in [1.29, 1.82) is 0 Å². The molecule has 128 valence electrons. The van der Waals surface area contributed by atoms with E-state index in [0.717, 1.165) is 30.0 Å². The first-order valence-electron chi connectivity index (χ1n) is 8.42. The van der Waals surface area contributed by atoms with Gasteiger partial charge in [0, 0.05) is 24.5 Å². The van der Waals surface area contributed by atoms with Gasteiger partial charge >= 0.3 is 0 Å². The fourth-order valence-corrected chi connectivity index (χ4v) is 2.53. The molecule has 2 aromatic rings. The number of carbonyl (C=O) groups excluding carboxylic acids is 1. The van der Waals surface area contributed by atoms with Gasteiger partial charge in [0.15, 0.2) is 6.10 Å². The number of ether oxygens (including phenoxy) is 1. The number of hydrogen-bond acceptors (Lipinski definition) is 3. The lowest BCUT2D eigenvalue weighted by Gasteiger charge is -2.21. The first-order valence-corrected chi connectivity index (χ1v) is 8.42. The molecular weight excluding hydrogens is 300 g/mol. The topological polar surface area (TPSA) is 41.6 Å². The second-order valence-electron chi connectivity index (χ2n) is 5.79. The molecule has 0 saturated heterocycles. The second-order valence-corrected chi connectivity index (χ2v) is 5.79. The van der Waals surface area contributed by atoms with E-state index in [4.69, 9.17) is 4.74 Å². The van der Waals surface area contributed by atoms with E-state index in [-0.39, 0.29) is 5.91 Å². The Morgan fingerprint density at radius 3 is 2.38 bits per heavy atom. The molecular formula is C20H26N2O2. The maximum Gasteiger partial charge on any atom is 0.265 e. The highest BCUT2D eigenvalue weighted by atomic mass is 16.5. The molecule has 1 N–H and O–H groups in total. The fourth-order valence-electron chi connectivity index (χ4n) is 2.53. The maximum absolute atomic E-state index is 12.3. The molecule has 1 unspecified atom stereocenters. The lowest BCUT2D eigenvalue weighted by atomic mass is 10.2. The summed E-state index contributed by atoms with van der Waals surface area (Å²) in [6.45, 7) is 9.93. The predicted molar refractivity (Wildman–Crippen MR) is 99.9 cm³/mol. The normalized spacial score (nSPS) is 11.7. The van der Waals surface area contributed by atoms with Crippen molar-refractivity contribution in [2.75, 3.05) is 23.3 Å². The summed E-state index contributed by atoms with van der Waals surface area (Å²) in [6.07, 6.45) is -0.561. The van der Waals surface area contributed by atoms with Crippen molar-refractivity contribution in [3.05, 3.63) is 54.1 Å². The van der Waals surface area contributed by atoms with Crippen LogP contribution in [0.1, 0.15) is 26.3 Å². The van der Waals surface area contributed by atoms with Crippen molar-refractivity contribution in [2.45, 2.75) is 33.8 Å². The van der Waals surface area contributed by atoms with Gasteiger partial charge in [-0.1, -0.05) is 12.1 Å². The van der Waals surface area contributed by atoms with Gasteiger partial charge in [0.25, 0.3) is 5.91 Å². The molecule has 1 atom stereocenters. The zero-order valence-corrected chi connectivity index (χ0v) is 14.9. The minimum absolute atomic E-state index is 0.160. The lowest BCUT2D eigenvalue weighted by Crippen LogP contribution is -2.30. The summed E-state index contributed by atoms with van der Waals surface area (Å²) in [5.41, 5.74) is 3.03. The molecule has 0 radical (unpaired) electrons. The molecule has 4 heteroatoms. The molecule has 24 heavy (non-hydrogen) atoms. The van der Waals surface area contributed by atoms with Gasteiger partial charge < -0.3 is 15.0 Å². The predicted octanol–water partition coefficient (Wildman–Crippen LogP) is 4.25. The van der Waals surface area contributed by atoms with Crippen LogP contribution in [0, 0.1) is 6.92 Å². The molecule has 0 bridgehead atoms. The van der Waals surface area contributed by atoms with E-state index in [1.54, 1.807) is 6.92 Å². The molecule has 0 saturated carbocycles. The van der Waals surface area contributed by atoms with Crippen molar-refractivity contribution < 1.29 is 9.53 Å². The average molecular weight is 326 g/mol. The Hall–Kier alpha value is -2.49. The van der Waals surface area contributed by atoms with Gasteiger partial charge in [0.05, 0.1) is 0 Å². The summed E-state index contributed by atoms with van der Waals surface area (Å²) in [7, 11) is 0. The first kappa shape index (κ1) is 17.9. The van der Waals surface area contributed by atoms with E-state index >= 15 is 0 Å². The van der Waals surface area contributed by atoms with Crippen LogP contribution in [0.3, 0.4) is 0 Å². The smallest absolute Gasteiger partial charge is 0.265 e. The summed E-state index contributed by atoms with van der Waals surface area (Å²) in [5, 5.41) is 2.90. The summed E-state index contributed by atoms with van der Waals surface area (Å²) >= 11 is 0. The van der Waals surface area contributed by atoms with Gasteiger partial charge in [-0.3, -0.25) is 4.79 Å². The number of aryl methyl sites for hydroxylation is 1. The Bertz CT molecular complexity index is 664. The zero-order valence-electron chi connectivity index (χ0n) is 14.9. The van der Waals surface area contributed by atoms with Crippen LogP contribution in [0.4, 0.5) is 11.4 Å². The molecule has 0 fully saturated rings. The Morgan fingerprint density at radius 2 is 1.79 bits per heavy atom. The minimum atomic E-state index is -0.561. The third-order valence-electron chi connectivity index (χ3n) is 3.94. The summed E-state index contributed by atoms with van der Waals surface area (Å²) in [5.74, 6) is 0.543. The van der Waals surface area contributed by atoms with Gasteiger partial charge in [-0.15, -0.1) is 0 Å². The van der Waals surface area contributed by atoms with E-state index in [2.05, 4.69) is 24.1 Å². The summed E-state index contributed by atoms with van der Waals surface area (Å²) in [4.78, 5) is 14.5. The van der Waals surface area contributed by atoms with Crippen LogP contribution in [0.15, 0.2) is 48.5 Å². The highest BCUT2D eigenvalue weighted by Gasteiger charge is 2.15. The van der Waals surface area contributed by atoms with Gasteiger partial charge in [-0.2, -0.15) is 0 Å². The summed E-state index contributed by atoms with van der Waals surface area (Å²) < 4.78 is 5.71. The monoisotopic (exact) mass is 326 g/mol. The zero-order chi connectivity index (χ0) is 17.5. The highest BCUT2D eigenvalue weighted by molar-refractivity contribution is 5.94. The molecule has 2 rings (SSSR count). The number of benzene rings is 2. The molecule has 0 aliphatic rings. The molecule has 0 aliphatic carbocycles. The number of hydrogen-bond donors (Lipinski definition) is 1. The number of anilines is 2. The van der Waals surface area contributed by atoms with Gasteiger partial charge in [-0.25, -0.2) is 0 Å². The summed E-state index contributed by atoms with van der Waals surface area (Å²) in [6, 6.07) is 15.6. The molecule has 1 amide bonds. The quantitative estimate of drug-likeness (QED) is 0.827. The van der Waals surface area contributed by atoms with Crippen LogP contribution in [0.2, 0.25) is 0 Å². The van der Waals surface area contributed by atoms with Crippen LogP contribution < -0.4 is 15.0 Å². The average Bonchev–Trinajstić information content (AvgIpc) is 2.57. The standard InChI is InChI=1S/C20H26N2O2/c1-5-22(6-2)18-12-10-17(11-13-18)21-20(23)16(4)24-19-9-7-8-15(3)14-19/h7-14,16H,5-6H2,1-4H3,(H,21,23). The van der Waals surface area contributed by atoms with E-state index < -0.39 is 6.10 Å². The van der Waals surface area contributed by atoms with Gasteiger partial charge in [-0.05, 0) is 69.7 Å². The van der Waals surface area contributed by atoms with Crippen molar-refractivity contribution in [1.82, 2.24) is 0 Å².